The molecule has 11 heteroatoms. The topological polar surface area (TPSA) is 92.0 Å². The monoisotopic (exact) mass is 473 g/mol. The molecular formula is C23H26F3N7O. The number of alkyl halides is 3. The summed E-state index contributed by atoms with van der Waals surface area (Å²) in [6, 6.07) is 3.83. The first kappa shape index (κ1) is 22.6. The van der Waals surface area contributed by atoms with E-state index < -0.39 is 24.2 Å². The quantitative estimate of drug-likeness (QED) is 0.599. The Kier molecular flexibility index (Phi) is 5.67. The predicted octanol–water partition coefficient (Wildman–Crippen LogP) is 3.54. The Labute approximate surface area is 194 Å². The van der Waals surface area contributed by atoms with Crippen molar-refractivity contribution in [2.24, 2.45) is 13.0 Å². The van der Waals surface area contributed by atoms with Crippen LogP contribution in [0.15, 0.2) is 36.8 Å². The molecule has 3 aromatic rings. The molecule has 2 aliphatic heterocycles. The Hall–Kier alpha value is -3.21. The third kappa shape index (κ3) is 4.20. The lowest BCUT2D eigenvalue weighted by atomic mass is 9.75. The molecule has 8 nitrogen and oxygen atoms in total. The van der Waals surface area contributed by atoms with Crippen LogP contribution in [0.2, 0.25) is 0 Å². The lowest BCUT2D eigenvalue weighted by molar-refractivity contribution is -0.198. The van der Waals surface area contributed by atoms with Gasteiger partial charge < -0.3 is 15.3 Å². The zero-order chi connectivity index (χ0) is 24.0. The number of aromatic nitrogens is 5. The highest BCUT2D eigenvalue weighted by Crippen LogP contribution is 2.42. The van der Waals surface area contributed by atoms with Crippen molar-refractivity contribution in [1.29, 1.82) is 0 Å². The lowest BCUT2D eigenvalue weighted by Crippen LogP contribution is -2.64. The van der Waals surface area contributed by atoms with Crippen LogP contribution >= 0.6 is 0 Å². The largest absolute Gasteiger partial charge is 0.507 e. The van der Waals surface area contributed by atoms with Gasteiger partial charge in [0.15, 0.2) is 11.6 Å². The van der Waals surface area contributed by atoms with E-state index in [0.29, 0.717) is 18.4 Å². The van der Waals surface area contributed by atoms with Gasteiger partial charge in [-0.1, -0.05) is 12.5 Å². The fourth-order valence-electron chi connectivity index (χ4n) is 5.27. The van der Waals surface area contributed by atoms with Gasteiger partial charge in [-0.05, 0) is 37.0 Å². The number of nitrogens with one attached hydrogen (secondary N) is 1. The van der Waals surface area contributed by atoms with Crippen LogP contribution in [0.3, 0.4) is 0 Å². The first-order valence-electron chi connectivity index (χ1n) is 11.3. The van der Waals surface area contributed by atoms with Crippen LogP contribution < -0.4 is 10.2 Å². The van der Waals surface area contributed by atoms with Crippen molar-refractivity contribution in [3.05, 3.63) is 36.8 Å². The van der Waals surface area contributed by atoms with Gasteiger partial charge in [-0.2, -0.15) is 18.3 Å². The van der Waals surface area contributed by atoms with E-state index >= 15 is 0 Å². The number of anilines is 1. The second-order valence-electron chi connectivity index (χ2n) is 9.16. The summed E-state index contributed by atoms with van der Waals surface area (Å²) in [7, 11) is 3.43. The fraction of sp³-hybridized carbons (Fsp3) is 0.478. The summed E-state index contributed by atoms with van der Waals surface area (Å²) in [5.74, 6) is -1.04. The molecule has 2 N–H and O–H groups in total. The third-order valence-electron chi connectivity index (χ3n) is 6.95. The van der Waals surface area contributed by atoms with E-state index in [-0.39, 0.29) is 23.4 Å². The van der Waals surface area contributed by atoms with E-state index in [1.54, 1.807) is 35.0 Å². The summed E-state index contributed by atoms with van der Waals surface area (Å²) >= 11 is 0. The van der Waals surface area contributed by atoms with Crippen LogP contribution in [0.5, 0.6) is 5.75 Å². The standard InChI is InChI=1S/C23H26F3N7O/c1-32-12-14(10-28-32)13-6-7-16(19(34)8-13)22-27-11-20(30-31-22)33(2)18-9-15-4-3-5-17(29-15)21(18)23(24,25)26/h6-8,10-12,15,17-18,21,29,34H,3-5,9H2,1-2H3/t15-,17+,18+,21-/m1/s1. The highest BCUT2D eigenvalue weighted by Gasteiger charge is 2.54. The van der Waals surface area contributed by atoms with Gasteiger partial charge in [-0.3, -0.25) is 4.68 Å². The number of aryl methyl sites for hydroxylation is 1. The average Bonchev–Trinajstić information content (AvgIpc) is 3.24. The summed E-state index contributed by atoms with van der Waals surface area (Å²) < 4.78 is 43.6. The highest BCUT2D eigenvalue weighted by atomic mass is 19.4. The fourth-order valence-corrected chi connectivity index (χ4v) is 5.27. The van der Waals surface area contributed by atoms with Crippen molar-refractivity contribution in [3.8, 4) is 28.3 Å². The molecule has 5 rings (SSSR count). The summed E-state index contributed by atoms with van der Waals surface area (Å²) in [6.07, 6.45) is 3.22. The van der Waals surface area contributed by atoms with Gasteiger partial charge in [0.25, 0.3) is 0 Å². The average molecular weight is 474 g/mol. The van der Waals surface area contributed by atoms with Crippen molar-refractivity contribution in [2.45, 2.75) is 50.0 Å². The number of hydrogen-bond acceptors (Lipinski definition) is 7. The predicted molar refractivity (Wildman–Crippen MR) is 120 cm³/mol. The Balaban J connectivity index is 1.38. The summed E-state index contributed by atoms with van der Waals surface area (Å²) in [4.78, 5) is 5.86. The number of aromatic hydroxyl groups is 1. The van der Waals surface area contributed by atoms with Crippen LogP contribution in [0.25, 0.3) is 22.5 Å². The number of phenolic OH excluding ortho intramolecular Hbond substituents is 1. The molecule has 0 aliphatic carbocycles. The SMILES string of the molecule is CN(c1cnc(-c2ccc(-c3cnn(C)c3)cc2O)nn1)[C@H]1C[C@H]2CCC[C@H](N2)[C@H]1C(F)(F)F. The van der Waals surface area contributed by atoms with E-state index in [9.17, 15) is 18.3 Å². The number of rotatable bonds is 4. The van der Waals surface area contributed by atoms with Gasteiger partial charge in [0.2, 0.25) is 0 Å². The van der Waals surface area contributed by atoms with Crippen molar-refractivity contribution in [1.82, 2.24) is 30.3 Å². The van der Waals surface area contributed by atoms with E-state index in [0.717, 1.165) is 24.0 Å². The van der Waals surface area contributed by atoms with Gasteiger partial charge in [0.1, 0.15) is 5.75 Å². The third-order valence-corrected chi connectivity index (χ3v) is 6.95. The van der Waals surface area contributed by atoms with Crippen LogP contribution in [-0.4, -0.2) is 61.4 Å². The maximum atomic E-state index is 14.0. The van der Waals surface area contributed by atoms with Crippen LogP contribution in [0.1, 0.15) is 25.7 Å². The van der Waals surface area contributed by atoms with E-state index in [1.165, 1.54) is 6.20 Å². The molecule has 34 heavy (non-hydrogen) atoms. The first-order valence-corrected chi connectivity index (χ1v) is 11.3. The minimum atomic E-state index is -4.32. The maximum absolute atomic E-state index is 14.0. The number of phenols is 1. The van der Waals surface area contributed by atoms with Gasteiger partial charge in [0, 0.05) is 44.0 Å². The van der Waals surface area contributed by atoms with Crippen molar-refractivity contribution < 1.29 is 18.3 Å². The second-order valence-corrected chi connectivity index (χ2v) is 9.16. The molecule has 2 aromatic heterocycles. The van der Waals surface area contributed by atoms with Gasteiger partial charge in [-0.15, -0.1) is 10.2 Å². The molecule has 0 saturated carbocycles. The van der Waals surface area contributed by atoms with Crippen LogP contribution in [0.4, 0.5) is 19.0 Å². The number of fused-ring (bicyclic) bond motifs is 2. The molecule has 4 heterocycles. The Morgan fingerprint density at radius 1 is 1.15 bits per heavy atom. The van der Waals surface area contributed by atoms with Crippen LogP contribution in [0, 0.1) is 5.92 Å². The molecule has 1 aromatic carbocycles. The number of benzene rings is 1. The molecule has 4 atom stereocenters. The minimum absolute atomic E-state index is 0.0208. The van der Waals surface area contributed by atoms with Crippen molar-refractivity contribution >= 4 is 5.82 Å². The summed E-state index contributed by atoms with van der Waals surface area (Å²) in [5.41, 5.74) is 2.03. The van der Waals surface area contributed by atoms with Crippen molar-refractivity contribution in [3.63, 3.8) is 0 Å². The molecule has 180 valence electrons. The number of hydrogen-bond donors (Lipinski definition) is 2. The van der Waals surface area contributed by atoms with E-state index in [1.807, 2.05) is 19.3 Å². The zero-order valence-corrected chi connectivity index (χ0v) is 18.9. The first-order chi connectivity index (χ1) is 16.2. The van der Waals surface area contributed by atoms with Crippen LogP contribution in [-0.2, 0) is 7.05 Å². The van der Waals surface area contributed by atoms with Gasteiger partial charge in [0.05, 0.1) is 23.9 Å². The molecular weight excluding hydrogens is 447 g/mol. The number of piperidine rings is 2. The second kappa shape index (κ2) is 8.53. The van der Waals surface area contributed by atoms with E-state index in [2.05, 4.69) is 25.6 Å². The zero-order valence-electron chi connectivity index (χ0n) is 18.9. The smallest absolute Gasteiger partial charge is 0.395 e. The highest BCUT2D eigenvalue weighted by molar-refractivity contribution is 5.72. The number of nitrogens with zero attached hydrogens (tertiary/aromatic N) is 6. The summed E-state index contributed by atoms with van der Waals surface area (Å²) in [6.45, 7) is 0. The number of halogens is 3. The molecule has 0 amide bonds. The molecule has 0 unspecified atom stereocenters. The molecule has 2 saturated heterocycles. The minimum Gasteiger partial charge on any atom is -0.507 e. The molecule has 2 aliphatic rings. The Morgan fingerprint density at radius 2 is 1.97 bits per heavy atom. The normalized spacial score (nSPS) is 24.7. The molecule has 0 spiro atoms. The molecule has 2 bridgehead atoms. The maximum Gasteiger partial charge on any atom is 0.395 e. The van der Waals surface area contributed by atoms with Gasteiger partial charge >= 0.3 is 6.18 Å². The van der Waals surface area contributed by atoms with Gasteiger partial charge in [-0.25, -0.2) is 4.98 Å². The Morgan fingerprint density at radius 3 is 2.62 bits per heavy atom. The summed E-state index contributed by atoms with van der Waals surface area (Å²) in [5, 5.41) is 26.1. The lowest BCUT2D eigenvalue weighted by Gasteiger charge is -2.49. The molecule has 2 fully saturated rings. The van der Waals surface area contributed by atoms with Crippen molar-refractivity contribution in [2.75, 3.05) is 11.9 Å². The van der Waals surface area contributed by atoms with E-state index in [4.69, 9.17) is 0 Å². The Bertz CT molecular complexity index is 1160. The molecule has 0 radical (unpaired) electrons.